The maximum Gasteiger partial charge on any atom is 0.337 e. The van der Waals surface area contributed by atoms with Crippen molar-refractivity contribution < 1.29 is 19.1 Å². The molecule has 94 valence electrons. The number of allylic oxidation sites excluding steroid dienone is 1. The smallest absolute Gasteiger partial charge is 0.337 e. The molecule has 0 saturated heterocycles. The molecule has 0 aliphatic carbocycles. The SMILES string of the molecule is C=C(/C=C/c1ccc(C(=O)OC)cc1)OC(C)=O. The zero-order chi connectivity index (χ0) is 13.5. The molecule has 0 unspecified atom stereocenters. The minimum Gasteiger partial charge on any atom is -0.465 e. The zero-order valence-corrected chi connectivity index (χ0v) is 10.3. The zero-order valence-electron chi connectivity index (χ0n) is 10.3. The van der Waals surface area contributed by atoms with Crippen molar-refractivity contribution in [3.63, 3.8) is 0 Å². The van der Waals surface area contributed by atoms with E-state index in [1.165, 1.54) is 14.0 Å². The van der Waals surface area contributed by atoms with Crippen LogP contribution >= 0.6 is 0 Å². The van der Waals surface area contributed by atoms with Crippen LogP contribution in [0.15, 0.2) is 42.7 Å². The summed E-state index contributed by atoms with van der Waals surface area (Å²) in [5, 5.41) is 0. The van der Waals surface area contributed by atoms with Crippen LogP contribution in [0.3, 0.4) is 0 Å². The van der Waals surface area contributed by atoms with E-state index in [1.54, 1.807) is 36.4 Å². The molecule has 18 heavy (non-hydrogen) atoms. The van der Waals surface area contributed by atoms with Gasteiger partial charge in [-0.05, 0) is 23.8 Å². The minimum absolute atomic E-state index is 0.263. The highest BCUT2D eigenvalue weighted by Gasteiger charge is 2.03. The van der Waals surface area contributed by atoms with E-state index in [2.05, 4.69) is 11.3 Å². The lowest BCUT2D eigenvalue weighted by Crippen LogP contribution is -2.00. The number of rotatable bonds is 4. The van der Waals surface area contributed by atoms with Gasteiger partial charge < -0.3 is 9.47 Å². The van der Waals surface area contributed by atoms with Crippen molar-refractivity contribution in [2.45, 2.75) is 6.92 Å². The highest BCUT2D eigenvalue weighted by atomic mass is 16.5. The van der Waals surface area contributed by atoms with Crippen molar-refractivity contribution >= 4 is 18.0 Å². The Labute approximate surface area is 106 Å². The molecule has 0 amide bonds. The molecule has 0 atom stereocenters. The summed E-state index contributed by atoms with van der Waals surface area (Å²) < 4.78 is 9.35. The lowest BCUT2D eigenvalue weighted by molar-refractivity contribution is -0.136. The Morgan fingerprint density at radius 2 is 1.83 bits per heavy atom. The summed E-state index contributed by atoms with van der Waals surface area (Å²) >= 11 is 0. The molecule has 0 saturated carbocycles. The summed E-state index contributed by atoms with van der Waals surface area (Å²) in [6.07, 6.45) is 3.31. The Morgan fingerprint density at radius 3 is 2.33 bits per heavy atom. The number of carbonyl (C=O) groups excluding carboxylic acids is 2. The number of carbonyl (C=O) groups is 2. The lowest BCUT2D eigenvalue weighted by Gasteiger charge is -2.00. The van der Waals surface area contributed by atoms with Gasteiger partial charge in [-0.3, -0.25) is 4.79 Å². The molecule has 0 heterocycles. The van der Waals surface area contributed by atoms with Crippen LogP contribution in [-0.2, 0) is 14.3 Å². The van der Waals surface area contributed by atoms with Crippen molar-refractivity contribution in [1.29, 1.82) is 0 Å². The highest BCUT2D eigenvalue weighted by molar-refractivity contribution is 5.89. The van der Waals surface area contributed by atoms with Crippen LogP contribution in [0.4, 0.5) is 0 Å². The number of benzene rings is 1. The molecule has 0 spiro atoms. The van der Waals surface area contributed by atoms with Gasteiger partial charge in [-0.15, -0.1) is 0 Å². The Morgan fingerprint density at radius 1 is 1.22 bits per heavy atom. The van der Waals surface area contributed by atoms with Gasteiger partial charge >= 0.3 is 11.9 Å². The number of hydrogen-bond donors (Lipinski definition) is 0. The van der Waals surface area contributed by atoms with E-state index in [4.69, 9.17) is 4.74 Å². The molecule has 1 aromatic carbocycles. The largest absolute Gasteiger partial charge is 0.465 e. The third kappa shape index (κ3) is 4.25. The summed E-state index contributed by atoms with van der Waals surface area (Å²) in [6.45, 7) is 4.87. The molecule has 4 heteroatoms. The first-order valence-electron chi connectivity index (χ1n) is 5.26. The molecule has 0 N–H and O–H groups in total. The Bertz CT molecular complexity index is 483. The fraction of sp³-hybridized carbons (Fsp3) is 0.143. The third-order valence-corrected chi connectivity index (χ3v) is 2.07. The monoisotopic (exact) mass is 246 g/mol. The molecule has 1 aromatic rings. The standard InChI is InChI=1S/C14H14O4/c1-10(18-11(2)15)4-5-12-6-8-13(9-7-12)14(16)17-3/h4-9H,1H2,2-3H3/b5-4+. The van der Waals surface area contributed by atoms with Crippen LogP contribution in [0.25, 0.3) is 6.08 Å². The van der Waals surface area contributed by atoms with Crippen LogP contribution in [0, 0.1) is 0 Å². The number of methoxy groups -OCH3 is 1. The molecule has 0 aromatic heterocycles. The van der Waals surface area contributed by atoms with Gasteiger partial charge in [-0.1, -0.05) is 24.8 Å². The topological polar surface area (TPSA) is 52.6 Å². The van der Waals surface area contributed by atoms with Gasteiger partial charge in [0, 0.05) is 6.92 Å². The first-order valence-corrected chi connectivity index (χ1v) is 5.26. The minimum atomic E-state index is -0.411. The van der Waals surface area contributed by atoms with Crippen molar-refractivity contribution in [3.05, 3.63) is 53.8 Å². The summed E-state index contributed by atoms with van der Waals surface area (Å²) in [7, 11) is 1.33. The third-order valence-electron chi connectivity index (χ3n) is 2.07. The van der Waals surface area contributed by atoms with E-state index in [0.29, 0.717) is 5.56 Å². The Hall–Kier alpha value is -2.36. The van der Waals surface area contributed by atoms with E-state index in [1.807, 2.05) is 0 Å². The first kappa shape index (κ1) is 13.7. The van der Waals surface area contributed by atoms with Crippen molar-refractivity contribution in [1.82, 2.24) is 0 Å². The van der Waals surface area contributed by atoms with E-state index < -0.39 is 5.97 Å². The molecule has 0 aliphatic heterocycles. The summed E-state index contributed by atoms with van der Waals surface area (Å²) in [5.74, 6) is -0.528. The first-order chi connectivity index (χ1) is 8.52. The predicted octanol–water partition coefficient (Wildman–Crippen LogP) is 2.56. The summed E-state index contributed by atoms with van der Waals surface area (Å²) in [4.78, 5) is 21.9. The van der Waals surface area contributed by atoms with Gasteiger partial charge in [0.05, 0.1) is 12.7 Å². The fourth-order valence-electron chi connectivity index (χ4n) is 1.26. The van der Waals surface area contributed by atoms with Crippen molar-refractivity contribution in [2.24, 2.45) is 0 Å². The Kier molecular flexibility index (Phi) is 4.87. The Balaban J connectivity index is 2.69. The van der Waals surface area contributed by atoms with E-state index in [-0.39, 0.29) is 11.7 Å². The number of hydrogen-bond acceptors (Lipinski definition) is 4. The molecule has 0 fully saturated rings. The van der Waals surface area contributed by atoms with Crippen LogP contribution in [0.1, 0.15) is 22.8 Å². The van der Waals surface area contributed by atoms with E-state index >= 15 is 0 Å². The second-order valence-electron chi connectivity index (χ2n) is 3.51. The van der Waals surface area contributed by atoms with Gasteiger partial charge in [0.2, 0.25) is 0 Å². The van der Waals surface area contributed by atoms with Crippen LogP contribution in [0.2, 0.25) is 0 Å². The average Bonchev–Trinajstić information content (AvgIpc) is 2.35. The van der Waals surface area contributed by atoms with E-state index in [9.17, 15) is 9.59 Å². The molecular formula is C14H14O4. The predicted molar refractivity (Wildman–Crippen MR) is 67.7 cm³/mol. The summed E-state index contributed by atoms with van der Waals surface area (Å²) in [6, 6.07) is 6.81. The van der Waals surface area contributed by atoms with Crippen molar-refractivity contribution in [3.8, 4) is 0 Å². The average molecular weight is 246 g/mol. The lowest BCUT2D eigenvalue weighted by atomic mass is 10.1. The second-order valence-corrected chi connectivity index (χ2v) is 3.51. The maximum atomic E-state index is 11.2. The quantitative estimate of drug-likeness (QED) is 0.465. The van der Waals surface area contributed by atoms with Gasteiger partial charge in [0.15, 0.2) is 0 Å². The molecule has 0 radical (unpaired) electrons. The van der Waals surface area contributed by atoms with E-state index in [0.717, 1.165) is 5.56 Å². The molecule has 0 bridgehead atoms. The van der Waals surface area contributed by atoms with Gasteiger partial charge in [0.25, 0.3) is 0 Å². The van der Waals surface area contributed by atoms with Crippen LogP contribution in [0.5, 0.6) is 0 Å². The number of esters is 2. The maximum absolute atomic E-state index is 11.2. The molecule has 1 rings (SSSR count). The highest BCUT2D eigenvalue weighted by Crippen LogP contribution is 2.09. The molecule has 0 aliphatic rings. The van der Waals surface area contributed by atoms with Crippen LogP contribution in [-0.4, -0.2) is 19.0 Å². The molecule has 4 nitrogen and oxygen atoms in total. The van der Waals surface area contributed by atoms with Crippen LogP contribution < -0.4 is 0 Å². The van der Waals surface area contributed by atoms with Gasteiger partial charge in [0.1, 0.15) is 5.76 Å². The van der Waals surface area contributed by atoms with Gasteiger partial charge in [-0.25, -0.2) is 4.79 Å². The van der Waals surface area contributed by atoms with Crippen molar-refractivity contribution in [2.75, 3.05) is 7.11 Å². The normalized spacial score (nSPS) is 10.1. The molecular weight excluding hydrogens is 232 g/mol. The number of ether oxygens (including phenoxy) is 2. The second kappa shape index (κ2) is 6.39. The summed E-state index contributed by atoms with van der Waals surface area (Å²) in [5.41, 5.74) is 1.34. The fourth-order valence-corrected chi connectivity index (χ4v) is 1.26. The van der Waals surface area contributed by atoms with Gasteiger partial charge in [-0.2, -0.15) is 0 Å².